The van der Waals surface area contributed by atoms with Gasteiger partial charge in [0.05, 0.1) is 0 Å². The number of rotatable bonds is 7. The Kier molecular flexibility index (Phi) is 5.90. The summed E-state index contributed by atoms with van der Waals surface area (Å²) in [4.78, 5) is 2.16. The number of benzene rings is 2. The van der Waals surface area contributed by atoms with Crippen LogP contribution in [0.3, 0.4) is 0 Å². The van der Waals surface area contributed by atoms with Crippen LogP contribution in [0.25, 0.3) is 0 Å². The van der Waals surface area contributed by atoms with Crippen LogP contribution in [0.1, 0.15) is 17.5 Å². The van der Waals surface area contributed by atoms with Crippen LogP contribution in [0, 0.1) is 11.6 Å². The van der Waals surface area contributed by atoms with E-state index >= 15 is 0 Å². The second-order valence-electron chi connectivity index (χ2n) is 5.62. The van der Waals surface area contributed by atoms with Crippen LogP contribution in [-0.2, 0) is 13.0 Å². The first kappa shape index (κ1) is 16.4. The Morgan fingerprint density at radius 3 is 2.14 bits per heavy atom. The minimum Gasteiger partial charge on any atom is -0.489 e. The predicted octanol–water partition coefficient (Wildman–Crippen LogP) is 4.04. The molecule has 0 aliphatic carbocycles. The third-order valence-electron chi connectivity index (χ3n) is 3.32. The van der Waals surface area contributed by atoms with Crippen LogP contribution >= 0.6 is 0 Å². The first-order chi connectivity index (χ1) is 10.5. The van der Waals surface area contributed by atoms with Gasteiger partial charge in [0.25, 0.3) is 0 Å². The van der Waals surface area contributed by atoms with Gasteiger partial charge < -0.3 is 9.64 Å². The van der Waals surface area contributed by atoms with E-state index in [4.69, 9.17) is 4.74 Å². The minimum absolute atomic E-state index is 0.147. The highest BCUT2D eigenvalue weighted by Gasteiger charge is 2.02. The largest absolute Gasteiger partial charge is 0.489 e. The van der Waals surface area contributed by atoms with Gasteiger partial charge in [-0.15, -0.1) is 0 Å². The van der Waals surface area contributed by atoms with Crippen LogP contribution in [0.15, 0.2) is 42.5 Å². The zero-order chi connectivity index (χ0) is 15.9. The van der Waals surface area contributed by atoms with Crippen molar-refractivity contribution < 1.29 is 13.5 Å². The van der Waals surface area contributed by atoms with E-state index < -0.39 is 11.6 Å². The molecule has 0 N–H and O–H groups in total. The number of halogens is 2. The van der Waals surface area contributed by atoms with Gasteiger partial charge >= 0.3 is 0 Å². The van der Waals surface area contributed by atoms with E-state index in [2.05, 4.69) is 19.0 Å². The molecule has 118 valence electrons. The third-order valence-corrected chi connectivity index (χ3v) is 3.32. The topological polar surface area (TPSA) is 12.5 Å². The van der Waals surface area contributed by atoms with Crippen molar-refractivity contribution in [2.45, 2.75) is 19.4 Å². The standard InChI is InChI=1S/C18H21F2NO/c1-21(2)9-3-4-14-5-7-18(8-6-14)22-13-15-10-16(19)12-17(20)11-15/h5-8,10-12H,3-4,9,13H2,1-2H3. The van der Waals surface area contributed by atoms with Crippen LogP contribution in [0.5, 0.6) is 5.75 Å². The normalized spacial score (nSPS) is 11.0. The zero-order valence-electron chi connectivity index (χ0n) is 13.0. The van der Waals surface area contributed by atoms with Gasteiger partial charge in [0.15, 0.2) is 0 Å². The van der Waals surface area contributed by atoms with Crippen LogP contribution in [0.2, 0.25) is 0 Å². The van der Waals surface area contributed by atoms with Crippen molar-refractivity contribution in [3.05, 3.63) is 65.2 Å². The van der Waals surface area contributed by atoms with Gasteiger partial charge in [-0.05, 0) is 68.9 Å². The Balaban J connectivity index is 1.85. The fraction of sp³-hybridized carbons (Fsp3) is 0.333. The van der Waals surface area contributed by atoms with Gasteiger partial charge in [-0.1, -0.05) is 12.1 Å². The minimum atomic E-state index is -0.588. The van der Waals surface area contributed by atoms with Crippen molar-refractivity contribution in [2.75, 3.05) is 20.6 Å². The summed E-state index contributed by atoms with van der Waals surface area (Å²) in [5, 5.41) is 0. The van der Waals surface area contributed by atoms with Crippen LogP contribution in [-0.4, -0.2) is 25.5 Å². The van der Waals surface area contributed by atoms with E-state index in [1.165, 1.54) is 17.7 Å². The third kappa shape index (κ3) is 5.45. The molecule has 22 heavy (non-hydrogen) atoms. The summed E-state index contributed by atoms with van der Waals surface area (Å²) in [6.45, 7) is 1.21. The molecule has 4 heteroatoms. The van der Waals surface area contributed by atoms with Crippen molar-refractivity contribution >= 4 is 0 Å². The average molecular weight is 305 g/mol. The summed E-state index contributed by atoms with van der Waals surface area (Å²) in [7, 11) is 4.12. The SMILES string of the molecule is CN(C)CCCc1ccc(OCc2cc(F)cc(F)c2)cc1. The maximum Gasteiger partial charge on any atom is 0.126 e. The predicted molar refractivity (Wildman–Crippen MR) is 84.0 cm³/mol. The smallest absolute Gasteiger partial charge is 0.126 e. The van der Waals surface area contributed by atoms with E-state index in [0.717, 1.165) is 25.5 Å². The first-order valence-electron chi connectivity index (χ1n) is 7.34. The van der Waals surface area contributed by atoms with Crippen molar-refractivity contribution in [1.29, 1.82) is 0 Å². The molecular weight excluding hydrogens is 284 g/mol. The molecular formula is C18H21F2NO. The second kappa shape index (κ2) is 7.90. The maximum absolute atomic E-state index is 13.1. The number of hydrogen-bond acceptors (Lipinski definition) is 2. The van der Waals surface area contributed by atoms with E-state index in [-0.39, 0.29) is 6.61 Å². The van der Waals surface area contributed by atoms with Gasteiger partial charge in [-0.25, -0.2) is 8.78 Å². The van der Waals surface area contributed by atoms with Gasteiger partial charge in [-0.2, -0.15) is 0 Å². The molecule has 0 saturated heterocycles. The van der Waals surface area contributed by atoms with Crippen molar-refractivity contribution in [3.8, 4) is 5.75 Å². The molecule has 2 aromatic rings. The average Bonchev–Trinajstić information content (AvgIpc) is 2.45. The number of hydrogen-bond donors (Lipinski definition) is 0. The fourth-order valence-electron chi connectivity index (χ4n) is 2.21. The van der Waals surface area contributed by atoms with E-state index in [1.54, 1.807) is 0 Å². The fourth-order valence-corrected chi connectivity index (χ4v) is 2.21. The lowest BCUT2D eigenvalue weighted by atomic mass is 10.1. The summed E-state index contributed by atoms with van der Waals surface area (Å²) in [5.41, 5.74) is 1.73. The molecule has 0 bridgehead atoms. The molecule has 0 amide bonds. The lowest BCUT2D eigenvalue weighted by Gasteiger charge is -2.10. The molecule has 0 aliphatic rings. The van der Waals surface area contributed by atoms with Crippen molar-refractivity contribution in [2.24, 2.45) is 0 Å². The highest BCUT2D eigenvalue weighted by Crippen LogP contribution is 2.16. The second-order valence-corrected chi connectivity index (χ2v) is 5.62. The van der Waals surface area contributed by atoms with Gasteiger partial charge in [0.2, 0.25) is 0 Å². The zero-order valence-corrected chi connectivity index (χ0v) is 13.0. The number of ether oxygens (including phenoxy) is 1. The molecule has 0 atom stereocenters. The molecule has 2 aromatic carbocycles. The number of nitrogens with zero attached hydrogens (tertiary/aromatic N) is 1. The van der Waals surface area contributed by atoms with E-state index in [0.29, 0.717) is 11.3 Å². The molecule has 2 rings (SSSR count). The number of aryl methyl sites for hydroxylation is 1. The van der Waals surface area contributed by atoms with Crippen molar-refractivity contribution in [3.63, 3.8) is 0 Å². The quantitative estimate of drug-likeness (QED) is 0.765. The summed E-state index contributed by atoms with van der Waals surface area (Å²) in [6, 6.07) is 11.2. The molecule has 2 nitrogen and oxygen atoms in total. The summed E-state index contributed by atoms with van der Waals surface area (Å²) in [5.74, 6) is -0.481. The van der Waals surface area contributed by atoms with Gasteiger partial charge in [0.1, 0.15) is 24.0 Å². The Hall–Kier alpha value is -1.94. The monoisotopic (exact) mass is 305 g/mol. The molecule has 0 fully saturated rings. The highest BCUT2D eigenvalue weighted by molar-refractivity contribution is 5.28. The Morgan fingerprint density at radius 2 is 1.55 bits per heavy atom. The molecule has 0 aromatic heterocycles. The summed E-state index contributed by atoms with van der Waals surface area (Å²) >= 11 is 0. The Labute approximate surface area is 130 Å². The Bertz CT molecular complexity index is 576. The van der Waals surface area contributed by atoms with Gasteiger partial charge in [0, 0.05) is 6.07 Å². The first-order valence-corrected chi connectivity index (χ1v) is 7.34. The maximum atomic E-state index is 13.1. The molecule has 0 radical (unpaired) electrons. The lowest BCUT2D eigenvalue weighted by Crippen LogP contribution is -2.13. The van der Waals surface area contributed by atoms with Crippen molar-refractivity contribution in [1.82, 2.24) is 4.90 Å². The molecule has 0 unspecified atom stereocenters. The summed E-state index contributed by atoms with van der Waals surface area (Å²) in [6.07, 6.45) is 2.13. The summed E-state index contributed by atoms with van der Waals surface area (Å²) < 4.78 is 31.7. The highest BCUT2D eigenvalue weighted by atomic mass is 19.1. The molecule has 0 heterocycles. The molecule has 0 aliphatic heterocycles. The van der Waals surface area contributed by atoms with Gasteiger partial charge in [-0.3, -0.25) is 0 Å². The lowest BCUT2D eigenvalue weighted by molar-refractivity contribution is 0.304. The van der Waals surface area contributed by atoms with Crippen LogP contribution < -0.4 is 4.74 Å². The molecule has 0 saturated carbocycles. The van der Waals surface area contributed by atoms with Crippen LogP contribution in [0.4, 0.5) is 8.78 Å². The van der Waals surface area contributed by atoms with E-state index in [1.807, 2.05) is 24.3 Å². The molecule has 0 spiro atoms. The Morgan fingerprint density at radius 1 is 0.909 bits per heavy atom. The van der Waals surface area contributed by atoms with E-state index in [9.17, 15) is 8.78 Å².